The monoisotopic (exact) mass is 400 g/mol. The first kappa shape index (κ1) is 19.6. The van der Waals surface area contributed by atoms with Gasteiger partial charge in [-0.05, 0) is 23.3 Å². The van der Waals surface area contributed by atoms with E-state index in [0.717, 1.165) is 16.1 Å². The first-order valence-corrected chi connectivity index (χ1v) is 9.58. The molecule has 4 rings (SSSR count). The van der Waals surface area contributed by atoms with E-state index in [2.05, 4.69) is 5.10 Å². The van der Waals surface area contributed by atoms with Crippen molar-refractivity contribution in [1.29, 1.82) is 0 Å². The Morgan fingerprint density at radius 2 is 1.43 bits per heavy atom. The molecule has 3 aromatic carbocycles. The molecule has 1 heterocycles. The van der Waals surface area contributed by atoms with Crippen molar-refractivity contribution >= 4 is 12.0 Å². The number of benzene rings is 3. The first-order chi connectivity index (χ1) is 14.7. The van der Waals surface area contributed by atoms with Crippen LogP contribution in [-0.2, 0) is 27.4 Å². The zero-order valence-electron chi connectivity index (χ0n) is 16.2. The number of carbonyl (C=O) groups is 1. The fourth-order valence-electron chi connectivity index (χ4n) is 3.48. The number of carbonyl (C=O) groups excluding carboxylic acids is 2. The van der Waals surface area contributed by atoms with Crippen LogP contribution in [0, 0.1) is 0 Å². The zero-order chi connectivity index (χ0) is 20.8. The summed E-state index contributed by atoms with van der Waals surface area (Å²) in [4.78, 5) is 24.1. The number of hydrazone groups is 1. The molecule has 6 nitrogen and oxygen atoms in total. The van der Waals surface area contributed by atoms with E-state index in [1.165, 1.54) is 6.08 Å². The molecule has 0 unspecified atom stereocenters. The van der Waals surface area contributed by atoms with Gasteiger partial charge in [0, 0.05) is 6.42 Å². The second-order valence-corrected chi connectivity index (χ2v) is 6.95. The summed E-state index contributed by atoms with van der Waals surface area (Å²) in [6.45, 7) is 0.215. The maximum absolute atomic E-state index is 13.1. The summed E-state index contributed by atoms with van der Waals surface area (Å²) in [5.74, 6) is 0.105. The summed E-state index contributed by atoms with van der Waals surface area (Å²) in [5.41, 5.74) is 0.511. The quantitative estimate of drug-likeness (QED) is 0.329. The van der Waals surface area contributed by atoms with E-state index in [1.807, 2.05) is 78.9 Å². The number of β-lactam (4-membered cyclic amide) rings is 1. The molecule has 0 spiro atoms. The SMILES string of the molecule is O=C=NN1C(=O)[C@@](Cc2ccccc2)(OCc2ccccc2)[C@@H]1Oc1ccccc1. The molecule has 0 aromatic heterocycles. The molecular weight excluding hydrogens is 380 g/mol. The van der Waals surface area contributed by atoms with Crippen molar-refractivity contribution in [2.45, 2.75) is 24.9 Å². The summed E-state index contributed by atoms with van der Waals surface area (Å²) in [6, 6.07) is 28.2. The molecular formula is C24H20N2O4. The van der Waals surface area contributed by atoms with Crippen LogP contribution in [-0.4, -0.2) is 28.8 Å². The summed E-state index contributed by atoms with van der Waals surface area (Å²) in [7, 11) is 0. The molecule has 6 heteroatoms. The third kappa shape index (κ3) is 3.87. The Hall–Kier alpha value is -3.73. The average Bonchev–Trinajstić information content (AvgIpc) is 2.81. The van der Waals surface area contributed by atoms with Crippen LogP contribution in [0.15, 0.2) is 96.1 Å². The zero-order valence-corrected chi connectivity index (χ0v) is 16.2. The minimum Gasteiger partial charge on any atom is -0.465 e. The highest BCUT2D eigenvalue weighted by molar-refractivity contribution is 5.93. The highest BCUT2D eigenvalue weighted by Gasteiger charge is 2.65. The molecule has 0 saturated carbocycles. The Kier molecular flexibility index (Phi) is 5.70. The number of hydrogen-bond acceptors (Lipinski definition) is 5. The molecule has 150 valence electrons. The molecule has 1 saturated heterocycles. The van der Waals surface area contributed by atoms with Crippen LogP contribution in [0.2, 0.25) is 0 Å². The van der Waals surface area contributed by atoms with Crippen molar-refractivity contribution in [2.75, 3.05) is 0 Å². The van der Waals surface area contributed by atoms with Crippen LogP contribution in [0.5, 0.6) is 5.75 Å². The Labute approximate surface area is 174 Å². The summed E-state index contributed by atoms with van der Waals surface area (Å²) in [5, 5.41) is 4.55. The summed E-state index contributed by atoms with van der Waals surface area (Å²) >= 11 is 0. The van der Waals surface area contributed by atoms with Gasteiger partial charge in [-0.1, -0.05) is 84.0 Å². The van der Waals surface area contributed by atoms with Gasteiger partial charge < -0.3 is 9.47 Å². The second kappa shape index (κ2) is 8.74. The third-order valence-electron chi connectivity index (χ3n) is 4.98. The van der Waals surface area contributed by atoms with Gasteiger partial charge >= 0.3 is 0 Å². The van der Waals surface area contributed by atoms with Crippen molar-refractivity contribution in [3.63, 3.8) is 0 Å². The van der Waals surface area contributed by atoms with Gasteiger partial charge in [-0.25, -0.2) is 4.79 Å². The van der Waals surface area contributed by atoms with Crippen LogP contribution < -0.4 is 4.74 Å². The lowest BCUT2D eigenvalue weighted by Gasteiger charge is -2.50. The Balaban J connectivity index is 1.68. The van der Waals surface area contributed by atoms with Gasteiger partial charge in [0.05, 0.1) is 6.61 Å². The van der Waals surface area contributed by atoms with Crippen molar-refractivity contribution < 1.29 is 19.1 Å². The maximum Gasteiger partial charge on any atom is 0.285 e. The van der Waals surface area contributed by atoms with Crippen LogP contribution in [0.3, 0.4) is 0 Å². The van der Waals surface area contributed by atoms with Crippen molar-refractivity contribution in [2.24, 2.45) is 5.10 Å². The van der Waals surface area contributed by atoms with Gasteiger partial charge in [-0.2, -0.15) is 5.01 Å². The van der Waals surface area contributed by atoms with Gasteiger partial charge in [0.15, 0.2) is 0 Å². The summed E-state index contributed by atoms with van der Waals surface area (Å²) < 4.78 is 12.3. The van der Waals surface area contributed by atoms with Crippen molar-refractivity contribution in [1.82, 2.24) is 5.01 Å². The molecule has 0 bridgehead atoms. The molecule has 1 fully saturated rings. The van der Waals surface area contributed by atoms with Crippen LogP contribution in [0.4, 0.5) is 0 Å². The lowest BCUT2D eigenvalue weighted by atomic mass is 9.84. The van der Waals surface area contributed by atoms with Gasteiger partial charge in [0.25, 0.3) is 12.0 Å². The first-order valence-electron chi connectivity index (χ1n) is 9.58. The van der Waals surface area contributed by atoms with Crippen LogP contribution >= 0.6 is 0 Å². The minimum absolute atomic E-state index is 0.215. The molecule has 2 atom stereocenters. The normalized spacial score (nSPS) is 20.2. The van der Waals surface area contributed by atoms with E-state index in [0.29, 0.717) is 5.75 Å². The van der Waals surface area contributed by atoms with E-state index in [9.17, 15) is 9.59 Å². The van der Waals surface area contributed by atoms with Crippen LogP contribution in [0.1, 0.15) is 11.1 Å². The Bertz CT molecular complexity index is 1040. The maximum atomic E-state index is 13.1. The van der Waals surface area contributed by atoms with Crippen molar-refractivity contribution in [3.8, 4) is 5.75 Å². The van der Waals surface area contributed by atoms with Gasteiger partial charge in [0.2, 0.25) is 11.8 Å². The predicted molar refractivity (Wildman–Crippen MR) is 110 cm³/mol. The molecule has 0 N–H and O–H groups in total. The molecule has 1 amide bonds. The fraction of sp³-hybridized carbons (Fsp3) is 0.167. The van der Waals surface area contributed by atoms with Gasteiger partial charge in [0.1, 0.15) is 5.75 Å². The Morgan fingerprint density at radius 3 is 2.03 bits per heavy atom. The number of amides is 1. The van der Waals surface area contributed by atoms with Crippen molar-refractivity contribution in [3.05, 3.63) is 102 Å². The number of rotatable bonds is 8. The van der Waals surface area contributed by atoms with Gasteiger partial charge in [-0.15, -0.1) is 0 Å². The molecule has 3 aromatic rings. The lowest BCUT2D eigenvalue weighted by Crippen LogP contribution is -2.76. The highest BCUT2D eigenvalue weighted by Crippen LogP contribution is 2.40. The third-order valence-corrected chi connectivity index (χ3v) is 4.98. The number of para-hydroxylation sites is 1. The largest absolute Gasteiger partial charge is 0.465 e. The summed E-state index contributed by atoms with van der Waals surface area (Å²) in [6.07, 6.45) is 0.811. The Morgan fingerprint density at radius 1 is 0.867 bits per heavy atom. The molecule has 30 heavy (non-hydrogen) atoms. The van der Waals surface area contributed by atoms with E-state index in [1.54, 1.807) is 12.1 Å². The average molecular weight is 400 g/mol. The minimum atomic E-state index is -1.33. The van der Waals surface area contributed by atoms with Gasteiger partial charge in [-0.3, -0.25) is 4.79 Å². The lowest BCUT2D eigenvalue weighted by molar-refractivity contribution is -0.242. The fourth-order valence-corrected chi connectivity index (χ4v) is 3.48. The van der Waals surface area contributed by atoms with E-state index >= 15 is 0 Å². The molecule has 0 radical (unpaired) electrons. The van der Waals surface area contributed by atoms with Crippen LogP contribution in [0.25, 0.3) is 0 Å². The second-order valence-electron chi connectivity index (χ2n) is 6.95. The molecule has 1 aliphatic heterocycles. The molecule has 0 aliphatic carbocycles. The van der Waals surface area contributed by atoms with E-state index in [4.69, 9.17) is 9.47 Å². The molecule has 1 aliphatic rings. The van der Waals surface area contributed by atoms with E-state index < -0.39 is 17.7 Å². The standard InChI is InChI=1S/C24H20N2O4/c27-18-25-26-22(28)24(16-19-10-4-1-5-11-19,29-17-20-12-6-2-7-13-20)23(26)30-21-14-8-3-9-15-21/h1-15,23H,16-17H2/t23-,24+/m0/s1. The highest BCUT2D eigenvalue weighted by atomic mass is 16.6. The van der Waals surface area contributed by atoms with E-state index in [-0.39, 0.29) is 13.0 Å². The smallest absolute Gasteiger partial charge is 0.285 e. The topological polar surface area (TPSA) is 68.2 Å². The number of isocyanates is 1. The predicted octanol–water partition coefficient (Wildman–Crippen LogP) is 3.68. The number of nitrogens with zero attached hydrogens (tertiary/aromatic N) is 2. The number of ether oxygens (including phenoxy) is 2. The number of hydrogen-bond donors (Lipinski definition) is 0.